The number of anilines is 1. The monoisotopic (exact) mass is 601 g/mol. The van der Waals surface area contributed by atoms with Crippen LogP contribution in [0.4, 0.5) is 14.6 Å². The molecule has 0 aliphatic heterocycles. The van der Waals surface area contributed by atoms with Crippen molar-refractivity contribution < 1.29 is 31.9 Å². The summed E-state index contributed by atoms with van der Waals surface area (Å²) in [5.74, 6) is 1.09. The average molecular weight is 602 g/mol. The maximum atomic E-state index is 14.4. The zero-order valence-corrected chi connectivity index (χ0v) is 25.4. The van der Waals surface area contributed by atoms with E-state index in [2.05, 4.69) is 22.1 Å². The van der Waals surface area contributed by atoms with Crippen LogP contribution in [0.5, 0.6) is 5.75 Å². The van der Waals surface area contributed by atoms with Gasteiger partial charge in [-0.1, -0.05) is 18.2 Å². The van der Waals surface area contributed by atoms with E-state index in [0.29, 0.717) is 17.1 Å². The van der Waals surface area contributed by atoms with E-state index in [1.165, 1.54) is 19.4 Å². The molecule has 0 unspecified atom stereocenters. The third kappa shape index (κ3) is 7.24. The largest absolute Gasteiger partial charge is 0.491 e. The van der Waals surface area contributed by atoms with Crippen molar-refractivity contribution in [1.82, 2.24) is 9.97 Å². The van der Waals surface area contributed by atoms with E-state index in [4.69, 9.17) is 24.3 Å². The van der Waals surface area contributed by atoms with Crippen LogP contribution < -0.4 is 10.5 Å². The van der Waals surface area contributed by atoms with Gasteiger partial charge in [0.15, 0.2) is 5.82 Å². The molecule has 0 saturated carbocycles. The number of pyridine rings is 2. The molecule has 42 heavy (non-hydrogen) atoms. The Bertz CT molecular complexity index is 1570. The highest BCUT2D eigenvalue weighted by molar-refractivity contribution is 7.55. The van der Waals surface area contributed by atoms with Crippen LogP contribution in [0.15, 0.2) is 48.7 Å². The Labute approximate surface area is 245 Å². The molecule has 226 valence electrons. The van der Waals surface area contributed by atoms with Gasteiger partial charge in [-0.2, -0.15) is 8.78 Å². The van der Waals surface area contributed by atoms with Crippen LogP contribution in [0.1, 0.15) is 42.5 Å². The smallest absolute Gasteiger partial charge is 0.399 e. The summed E-state index contributed by atoms with van der Waals surface area (Å²) in [7, 11) is -4.55. The predicted molar refractivity (Wildman–Crippen MR) is 162 cm³/mol. The number of aromatic nitrogens is 2. The highest BCUT2D eigenvalue weighted by Gasteiger charge is 2.52. The quantitative estimate of drug-likeness (QED) is 0.0853. The van der Waals surface area contributed by atoms with Crippen LogP contribution in [-0.4, -0.2) is 48.7 Å². The maximum Gasteiger partial charge on any atom is 0.399 e. The standard InChI is InChI=1S/C31H38F2N3O5P/c1-5-40-42(37,41-6-2)31(32,33)14-16-38-17-18-39-25-11-10-23(22(4)20-25)8-9-24-13-15-35-29-28(24)26-12-7-21(3)19-27(26)36-30(29)34/h7,10-13,15,19-20H,5-6,8-9,14,16-18H2,1-4H3,(H2,34,36). The van der Waals surface area contributed by atoms with Gasteiger partial charge in [-0.15, -0.1) is 0 Å². The average Bonchev–Trinajstić information content (AvgIpc) is 2.94. The fourth-order valence-corrected chi connectivity index (χ4v) is 6.36. The van der Waals surface area contributed by atoms with E-state index in [1.54, 1.807) is 6.20 Å². The van der Waals surface area contributed by atoms with Crippen LogP contribution in [0.25, 0.3) is 21.8 Å². The first-order valence-corrected chi connectivity index (χ1v) is 15.6. The number of hydrogen-bond acceptors (Lipinski definition) is 8. The van der Waals surface area contributed by atoms with Crippen molar-refractivity contribution >= 4 is 35.2 Å². The number of alkyl halides is 2. The van der Waals surface area contributed by atoms with Gasteiger partial charge in [-0.05, 0) is 87.1 Å². The first-order valence-electron chi connectivity index (χ1n) is 14.1. The summed E-state index contributed by atoms with van der Waals surface area (Å²) in [6.45, 7) is 6.75. The van der Waals surface area contributed by atoms with Gasteiger partial charge in [0.1, 0.15) is 17.9 Å². The highest BCUT2D eigenvalue weighted by atomic mass is 31.2. The van der Waals surface area contributed by atoms with Crippen molar-refractivity contribution in [3.05, 3.63) is 70.9 Å². The van der Waals surface area contributed by atoms with E-state index in [-0.39, 0.29) is 33.0 Å². The Morgan fingerprint density at radius 3 is 2.38 bits per heavy atom. The third-order valence-corrected chi connectivity index (χ3v) is 9.18. The number of nitrogens with two attached hydrogens (primary N) is 1. The van der Waals surface area contributed by atoms with Crippen LogP contribution in [-0.2, 0) is 31.2 Å². The summed E-state index contributed by atoms with van der Waals surface area (Å²) >= 11 is 0. The molecule has 2 N–H and O–H groups in total. The summed E-state index contributed by atoms with van der Waals surface area (Å²) in [6, 6.07) is 14.1. The number of ether oxygens (including phenoxy) is 2. The summed E-state index contributed by atoms with van der Waals surface area (Å²) in [4.78, 5) is 9.07. The Morgan fingerprint density at radius 2 is 1.67 bits per heavy atom. The molecule has 8 nitrogen and oxygen atoms in total. The topological polar surface area (TPSA) is 106 Å². The van der Waals surface area contributed by atoms with Crippen LogP contribution in [0, 0.1) is 13.8 Å². The first-order chi connectivity index (χ1) is 20.1. The van der Waals surface area contributed by atoms with Crippen LogP contribution >= 0.6 is 7.60 Å². The first kappa shape index (κ1) is 31.8. The van der Waals surface area contributed by atoms with Crippen molar-refractivity contribution in [2.75, 3.05) is 38.8 Å². The van der Waals surface area contributed by atoms with Gasteiger partial charge in [0.05, 0.1) is 31.9 Å². The van der Waals surface area contributed by atoms with E-state index in [0.717, 1.165) is 45.8 Å². The van der Waals surface area contributed by atoms with Crippen molar-refractivity contribution in [3.8, 4) is 5.75 Å². The number of hydrogen-bond donors (Lipinski definition) is 1. The number of halogens is 2. The number of fused-ring (bicyclic) bond motifs is 3. The van der Waals surface area contributed by atoms with E-state index in [1.807, 2.05) is 44.2 Å². The van der Waals surface area contributed by atoms with Gasteiger partial charge in [0, 0.05) is 23.4 Å². The molecule has 0 bridgehead atoms. The van der Waals surface area contributed by atoms with Crippen LogP contribution in [0.3, 0.4) is 0 Å². The van der Waals surface area contributed by atoms with E-state index in [9.17, 15) is 13.3 Å². The molecule has 4 rings (SSSR count). The minimum absolute atomic E-state index is 0.102. The van der Waals surface area contributed by atoms with Crippen molar-refractivity contribution in [2.24, 2.45) is 0 Å². The molecule has 2 aromatic carbocycles. The second-order valence-corrected chi connectivity index (χ2v) is 12.2. The number of nitrogen functional groups attached to an aromatic ring is 1. The van der Waals surface area contributed by atoms with Gasteiger partial charge < -0.3 is 24.3 Å². The summed E-state index contributed by atoms with van der Waals surface area (Å²) < 4.78 is 61.8. The summed E-state index contributed by atoms with van der Waals surface area (Å²) in [5.41, 5.74) is 8.75. The molecule has 4 aromatic rings. The SMILES string of the molecule is CCOP(=O)(OCC)C(F)(F)CCOCCOc1ccc(CCc2ccnc3c(N)nc4cc(C)ccc4c23)c(C)c1. The minimum Gasteiger partial charge on any atom is -0.491 e. The Kier molecular flexibility index (Phi) is 10.5. The number of aryl methyl sites for hydroxylation is 4. The van der Waals surface area contributed by atoms with Gasteiger partial charge in [0.2, 0.25) is 0 Å². The van der Waals surface area contributed by atoms with Crippen molar-refractivity contribution in [1.29, 1.82) is 0 Å². The van der Waals surface area contributed by atoms with Gasteiger partial charge >= 0.3 is 13.3 Å². The Morgan fingerprint density at radius 1 is 0.929 bits per heavy atom. The van der Waals surface area contributed by atoms with Gasteiger partial charge in [-0.25, -0.2) is 4.98 Å². The van der Waals surface area contributed by atoms with Gasteiger partial charge in [-0.3, -0.25) is 9.55 Å². The zero-order valence-electron chi connectivity index (χ0n) is 24.5. The second kappa shape index (κ2) is 13.9. The lowest BCUT2D eigenvalue weighted by atomic mass is 9.96. The highest BCUT2D eigenvalue weighted by Crippen LogP contribution is 2.63. The molecule has 11 heteroatoms. The zero-order chi connectivity index (χ0) is 30.3. The fraction of sp³-hybridized carbons (Fsp3) is 0.419. The molecule has 0 atom stereocenters. The van der Waals surface area contributed by atoms with Gasteiger partial charge in [0.25, 0.3) is 0 Å². The normalized spacial score (nSPS) is 12.3. The molecular weight excluding hydrogens is 563 g/mol. The third-order valence-electron chi connectivity index (χ3n) is 6.96. The molecule has 0 radical (unpaired) electrons. The molecule has 2 aromatic heterocycles. The van der Waals surface area contributed by atoms with Crippen molar-refractivity contribution in [3.63, 3.8) is 0 Å². The second-order valence-electron chi connectivity index (χ2n) is 10.0. The molecule has 0 fully saturated rings. The molecule has 0 spiro atoms. The lowest BCUT2D eigenvalue weighted by Gasteiger charge is -2.25. The fourth-order valence-electron chi connectivity index (χ4n) is 4.86. The number of benzene rings is 2. The van der Waals surface area contributed by atoms with Crippen molar-refractivity contribution in [2.45, 2.75) is 52.6 Å². The number of rotatable bonds is 15. The lowest BCUT2D eigenvalue weighted by Crippen LogP contribution is -2.23. The minimum atomic E-state index is -4.55. The summed E-state index contributed by atoms with van der Waals surface area (Å²) in [6.07, 6.45) is 2.61. The van der Waals surface area contributed by atoms with Crippen LogP contribution in [0.2, 0.25) is 0 Å². The summed E-state index contributed by atoms with van der Waals surface area (Å²) in [5, 5.41) is 2.07. The maximum absolute atomic E-state index is 14.4. The molecule has 0 aliphatic rings. The molecule has 0 aliphatic carbocycles. The molecular formula is C31H38F2N3O5P. The molecule has 2 heterocycles. The predicted octanol–water partition coefficient (Wildman–Crippen LogP) is 7.41. The number of nitrogens with zero attached hydrogens (tertiary/aromatic N) is 2. The Balaban J connectivity index is 1.32. The van der Waals surface area contributed by atoms with E-state index >= 15 is 0 Å². The lowest BCUT2D eigenvalue weighted by molar-refractivity contribution is -0.000492. The van der Waals surface area contributed by atoms with E-state index < -0.39 is 19.7 Å². The molecule has 0 saturated heterocycles. The Hall–Kier alpha value is -3.17. The molecule has 0 amide bonds.